The molecule has 0 aliphatic carbocycles. The monoisotopic (exact) mass is 274 g/mol. The number of carboxylic acids is 1. The Balaban J connectivity index is 1.71. The minimum Gasteiger partial charge on any atom is -0.480 e. The maximum Gasteiger partial charge on any atom is 0.317 e. The lowest BCUT2D eigenvalue weighted by atomic mass is 9.96. The number of pyridine rings is 1. The van der Waals surface area contributed by atoms with E-state index in [0.717, 1.165) is 43.0 Å². The molecule has 6 heteroatoms. The fraction of sp³-hybridized carbons (Fsp3) is 0.500. The molecular formula is C14H18N4O2. The summed E-state index contributed by atoms with van der Waals surface area (Å²) >= 11 is 0. The second kappa shape index (κ2) is 5.20. The SMILES string of the molecule is Cc1ccc2nc(C3CCN(CC(=O)O)CC3)nn2c1. The molecule has 2 aromatic rings. The molecule has 0 atom stereocenters. The van der Waals surface area contributed by atoms with Crippen LogP contribution in [0, 0.1) is 6.92 Å². The third-order valence-corrected chi connectivity index (χ3v) is 3.81. The van der Waals surface area contributed by atoms with Crippen molar-refractivity contribution in [3.8, 4) is 0 Å². The summed E-state index contributed by atoms with van der Waals surface area (Å²) in [7, 11) is 0. The van der Waals surface area contributed by atoms with Gasteiger partial charge in [0.25, 0.3) is 0 Å². The second-order valence-electron chi connectivity index (χ2n) is 5.42. The predicted octanol–water partition coefficient (Wildman–Crippen LogP) is 1.30. The van der Waals surface area contributed by atoms with Crippen LogP contribution in [0.3, 0.4) is 0 Å². The second-order valence-corrected chi connectivity index (χ2v) is 5.42. The number of hydrogen-bond acceptors (Lipinski definition) is 4. The van der Waals surface area contributed by atoms with Gasteiger partial charge in [-0.05, 0) is 44.5 Å². The van der Waals surface area contributed by atoms with Crippen molar-refractivity contribution < 1.29 is 9.90 Å². The van der Waals surface area contributed by atoms with E-state index in [1.165, 1.54) is 0 Å². The van der Waals surface area contributed by atoms with Crippen LogP contribution in [0.2, 0.25) is 0 Å². The third-order valence-electron chi connectivity index (χ3n) is 3.81. The molecule has 106 valence electrons. The quantitative estimate of drug-likeness (QED) is 0.913. The summed E-state index contributed by atoms with van der Waals surface area (Å²) in [5, 5.41) is 13.4. The topological polar surface area (TPSA) is 70.7 Å². The smallest absolute Gasteiger partial charge is 0.317 e. The van der Waals surface area contributed by atoms with Crippen LogP contribution in [0.15, 0.2) is 18.3 Å². The highest BCUT2D eigenvalue weighted by Gasteiger charge is 2.24. The van der Waals surface area contributed by atoms with Gasteiger partial charge in [-0.1, -0.05) is 6.07 Å². The molecule has 3 heterocycles. The minimum absolute atomic E-state index is 0.129. The summed E-state index contributed by atoms with van der Waals surface area (Å²) in [6, 6.07) is 4.01. The molecule has 3 rings (SSSR count). The van der Waals surface area contributed by atoms with Gasteiger partial charge in [0.2, 0.25) is 0 Å². The zero-order valence-electron chi connectivity index (χ0n) is 11.5. The van der Waals surface area contributed by atoms with Crippen molar-refractivity contribution in [2.45, 2.75) is 25.7 Å². The van der Waals surface area contributed by atoms with Crippen LogP contribution < -0.4 is 0 Å². The van der Waals surface area contributed by atoms with E-state index in [1.54, 1.807) is 0 Å². The van der Waals surface area contributed by atoms with Gasteiger partial charge in [-0.2, -0.15) is 5.10 Å². The zero-order chi connectivity index (χ0) is 14.1. The summed E-state index contributed by atoms with van der Waals surface area (Å²) in [4.78, 5) is 17.3. The van der Waals surface area contributed by atoms with Gasteiger partial charge in [-0.25, -0.2) is 9.50 Å². The van der Waals surface area contributed by atoms with Crippen LogP contribution in [-0.4, -0.2) is 50.2 Å². The van der Waals surface area contributed by atoms with Gasteiger partial charge in [0.05, 0.1) is 6.54 Å². The molecule has 1 aliphatic rings. The summed E-state index contributed by atoms with van der Waals surface area (Å²) in [6.07, 6.45) is 3.82. The molecule has 1 fully saturated rings. The number of piperidine rings is 1. The number of carbonyl (C=O) groups is 1. The Morgan fingerprint density at radius 1 is 1.40 bits per heavy atom. The minimum atomic E-state index is -0.759. The number of aryl methyl sites for hydroxylation is 1. The number of aliphatic carboxylic acids is 1. The van der Waals surface area contributed by atoms with E-state index in [4.69, 9.17) is 5.11 Å². The van der Waals surface area contributed by atoms with Crippen LogP contribution in [0.5, 0.6) is 0 Å². The normalized spacial score (nSPS) is 17.6. The number of hydrogen-bond donors (Lipinski definition) is 1. The van der Waals surface area contributed by atoms with Crippen LogP contribution in [0.4, 0.5) is 0 Å². The fourth-order valence-electron chi connectivity index (χ4n) is 2.72. The molecule has 6 nitrogen and oxygen atoms in total. The van der Waals surface area contributed by atoms with Crippen molar-refractivity contribution in [1.29, 1.82) is 0 Å². The molecule has 0 unspecified atom stereocenters. The lowest BCUT2D eigenvalue weighted by Crippen LogP contribution is -2.36. The van der Waals surface area contributed by atoms with Gasteiger partial charge >= 0.3 is 5.97 Å². The number of rotatable bonds is 3. The van der Waals surface area contributed by atoms with Crippen LogP contribution in [-0.2, 0) is 4.79 Å². The summed E-state index contributed by atoms with van der Waals surface area (Å²) < 4.78 is 1.83. The molecule has 0 spiro atoms. The van der Waals surface area contributed by atoms with E-state index in [9.17, 15) is 4.79 Å². The van der Waals surface area contributed by atoms with Gasteiger partial charge in [-0.15, -0.1) is 0 Å². The average Bonchev–Trinajstić information content (AvgIpc) is 2.81. The largest absolute Gasteiger partial charge is 0.480 e. The number of fused-ring (bicyclic) bond motifs is 1. The van der Waals surface area contributed by atoms with Crippen molar-refractivity contribution >= 4 is 11.6 Å². The maximum atomic E-state index is 10.7. The molecule has 1 N–H and O–H groups in total. The zero-order valence-corrected chi connectivity index (χ0v) is 11.5. The molecule has 0 amide bonds. The number of nitrogens with zero attached hydrogens (tertiary/aromatic N) is 4. The molecule has 1 aliphatic heterocycles. The standard InChI is InChI=1S/C14H18N4O2/c1-10-2-3-12-15-14(16-18(12)8-10)11-4-6-17(7-5-11)9-13(19)20/h2-3,8,11H,4-7,9H2,1H3,(H,19,20). The predicted molar refractivity (Wildman–Crippen MR) is 73.8 cm³/mol. The van der Waals surface area contributed by atoms with Crippen molar-refractivity contribution in [3.05, 3.63) is 29.7 Å². The first-order valence-electron chi connectivity index (χ1n) is 6.89. The number of likely N-dealkylation sites (tertiary alicyclic amines) is 1. The Labute approximate surface area is 117 Å². The molecule has 20 heavy (non-hydrogen) atoms. The molecule has 0 aromatic carbocycles. The average molecular weight is 274 g/mol. The first-order chi connectivity index (χ1) is 9.61. The van der Waals surface area contributed by atoms with Crippen molar-refractivity contribution in [1.82, 2.24) is 19.5 Å². The first-order valence-corrected chi connectivity index (χ1v) is 6.89. The highest BCUT2D eigenvalue weighted by atomic mass is 16.4. The summed E-state index contributed by atoms with van der Waals surface area (Å²) in [6.45, 7) is 3.76. The van der Waals surface area contributed by atoms with Gasteiger partial charge in [-0.3, -0.25) is 9.69 Å². The summed E-state index contributed by atoms with van der Waals surface area (Å²) in [5.41, 5.74) is 2.03. The van der Waals surface area contributed by atoms with Crippen molar-refractivity contribution in [3.63, 3.8) is 0 Å². The van der Waals surface area contributed by atoms with Gasteiger partial charge in [0, 0.05) is 12.1 Å². The van der Waals surface area contributed by atoms with E-state index in [2.05, 4.69) is 10.1 Å². The molecular weight excluding hydrogens is 256 g/mol. The highest BCUT2D eigenvalue weighted by Crippen LogP contribution is 2.25. The van der Waals surface area contributed by atoms with E-state index in [1.807, 2.05) is 34.7 Å². The van der Waals surface area contributed by atoms with Gasteiger partial charge in [0.15, 0.2) is 11.5 Å². The molecule has 2 aromatic heterocycles. The Kier molecular flexibility index (Phi) is 3.40. The van der Waals surface area contributed by atoms with Crippen molar-refractivity contribution in [2.24, 2.45) is 0 Å². The number of carboxylic acid groups (broad SMARTS) is 1. The molecule has 0 bridgehead atoms. The van der Waals surface area contributed by atoms with E-state index >= 15 is 0 Å². The molecule has 0 saturated carbocycles. The number of aromatic nitrogens is 3. The maximum absolute atomic E-state index is 10.7. The lowest BCUT2D eigenvalue weighted by Gasteiger charge is -2.29. The van der Waals surface area contributed by atoms with Crippen LogP contribution in [0.25, 0.3) is 5.65 Å². The molecule has 1 saturated heterocycles. The van der Waals surface area contributed by atoms with E-state index in [0.29, 0.717) is 5.92 Å². The highest BCUT2D eigenvalue weighted by molar-refractivity contribution is 5.69. The molecule has 0 radical (unpaired) electrons. The van der Waals surface area contributed by atoms with Crippen LogP contribution >= 0.6 is 0 Å². The fourth-order valence-corrected chi connectivity index (χ4v) is 2.72. The Morgan fingerprint density at radius 2 is 2.15 bits per heavy atom. The van der Waals surface area contributed by atoms with E-state index in [-0.39, 0.29) is 6.54 Å². The summed E-state index contributed by atoms with van der Waals surface area (Å²) in [5.74, 6) is 0.454. The Morgan fingerprint density at radius 3 is 2.85 bits per heavy atom. The Hall–Kier alpha value is -1.95. The van der Waals surface area contributed by atoms with Crippen LogP contribution in [0.1, 0.15) is 30.1 Å². The van der Waals surface area contributed by atoms with Crippen molar-refractivity contribution in [2.75, 3.05) is 19.6 Å². The lowest BCUT2D eigenvalue weighted by molar-refractivity contribution is -0.138. The third kappa shape index (κ3) is 2.65. The van der Waals surface area contributed by atoms with Gasteiger partial charge in [0.1, 0.15) is 0 Å². The van der Waals surface area contributed by atoms with Gasteiger partial charge < -0.3 is 5.11 Å². The Bertz CT molecular complexity index is 629. The van der Waals surface area contributed by atoms with E-state index < -0.39 is 5.97 Å². The first kappa shape index (κ1) is 13.1.